The Balaban J connectivity index is 2.59. The van der Waals surface area contributed by atoms with E-state index in [4.69, 9.17) is 5.11 Å². The average Bonchev–Trinajstić information content (AvgIpc) is 2.75. The number of aromatic nitrogens is 2. The molecule has 0 saturated heterocycles. The molecule has 0 aliphatic heterocycles. The van der Waals surface area contributed by atoms with Crippen molar-refractivity contribution in [2.75, 3.05) is 24.7 Å². The number of aliphatic carboxylic acids is 1. The van der Waals surface area contributed by atoms with Crippen LogP contribution in [0.25, 0.3) is 0 Å². The summed E-state index contributed by atoms with van der Waals surface area (Å²) < 4.78 is 25.0. The van der Waals surface area contributed by atoms with Gasteiger partial charge < -0.3 is 10.4 Å². The molecule has 1 aromatic heterocycles. The molecule has 2 N–H and O–H groups in total. The van der Waals surface area contributed by atoms with Crippen molar-refractivity contribution in [3.8, 4) is 0 Å². The normalized spacial score (nSPS) is 11.6. The number of carbonyl (C=O) groups excluding carboxylic acids is 1. The molecular weight excluding hydrogens is 288 g/mol. The molecule has 0 fully saturated rings. The number of amides is 1. The zero-order chi connectivity index (χ0) is 15.3. The van der Waals surface area contributed by atoms with Crippen LogP contribution in [0.3, 0.4) is 0 Å². The molecule has 0 aromatic carbocycles. The average molecular weight is 304 g/mol. The molecule has 0 radical (unpaired) electrons. The number of rotatable bonds is 7. The summed E-state index contributed by atoms with van der Waals surface area (Å²) in [7, 11) is -2.12. The van der Waals surface area contributed by atoms with Gasteiger partial charge in [0.25, 0.3) is 0 Å². The Hall–Kier alpha value is -1.94. The molecule has 112 valence electrons. The van der Waals surface area contributed by atoms with E-state index >= 15 is 0 Å². The van der Waals surface area contributed by atoms with E-state index in [0.29, 0.717) is 0 Å². The summed E-state index contributed by atoms with van der Waals surface area (Å²) >= 11 is 0. The van der Waals surface area contributed by atoms with E-state index in [1.54, 1.807) is 0 Å². The minimum atomic E-state index is -3.43. The van der Waals surface area contributed by atoms with Crippen molar-refractivity contribution in [2.24, 2.45) is 0 Å². The first-order valence-electron chi connectivity index (χ1n) is 5.73. The SMILES string of the molecule is CCS(=O)(=O)N(C)CC(=O)Nc1ccn(CC(=O)O)n1. The van der Waals surface area contributed by atoms with E-state index in [1.807, 2.05) is 0 Å². The lowest BCUT2D eigenvalue weighted by Crippen LogP contribution is -2.35. The van der Waals surface area contributed by atoms with Crippen molar-refractivity contribution in [2.45, 2.75) is 13.5 Å². The summed E-state index contributed by atoms with van der Waals surface area (Å²) in [6.07, 6.45) is 1.40. The standard InChI is InChI=1S/C10H16N4O5S/c1-3-20(18,19)13(2)6-9(15)11-8-4-5-14(12-8)7-10(16)17/h4-5H,3,6-7H2,1-2H3,(H,16,17)(H,11,12,15). The Morgan fingerprint density at radius 3 is 2.70 bits per heavy atom. The number of hydrogen-bond acceptors (Lipinski definition) is 5. The zero-order valence-corrected chi connectivity index (χ0v) is 11.9. The Morgan fingerprint density at radius 1 is 1.50 bits per heavy atom. The summed E-state index contributed by atoms with van der Waals surface area (Å²) in [6, 6.07) is 1.43. The van der Waals surface area contributed by atoms with Gasteiger partial charge in [0.1, 0.15) is 6.54 Å². The van der Waals surface area contributed by atoms with E-state index in [0.717, 1.165) is 8.99 Å². The van der Waals surface area contributed by atoms with Gasteiger partial charge in [-0.15, -0.1) is 0 Å². The van der Waals surface area contributed by atoms with Crippen LogP contribution in [0, 0.1) is 0 Å². The van der Waals surface area contributed by atoms with Crippen LogP contribution in [-0.2, 0) is 26.2 Å². The van der Waals surface area contributed by atoms with Gasteiger partial charge in [0, 0.05) is 19.3 Å². The molecule has 0 bridgehead atoms. The third kappa shape index (κ3) is 4.63. The zero-order valence-electron chi connectivity index (χ0n) is 11.1. The largest absolute Gasteiger partial charge is 0.480 e. The van der Waals surface area contributed by atoms with Gasteiger partial charge in [-0.3, -0.25) is 14.3 Å². The van der Waals surface area contributed by atoms with Gasteiger partial charge >= 0.3 is 5.97 Å². The highest BCUT2D eigenvalue weighted by molar-refractivity contribution is 7.89. The van der Waals surface area contributed by atoms with Gasteiger partial charge in [-0.1, -0.05) is 0 Å². The summed E-state index contributed by atoms with van der Waals surface area (Å²) in [6.45, 7) is 0.833. The molecule has 20 heavy (non-hydrogen) atoms. The fourth-order valence-electron chi connectivity index (χ4n) is 1.36. The van der Waals surface area contributed by atoms with Crippen LogP contribution in [0.1, 0.15) is 6.92 Å². The molecule has 1 rings (SSSR count). The molecular formula is C10H16N4O5S. The van der Waals surface area contributed by atoms with E-state index in [-0.39, 0.29) is 24.7 Å². The van der Waals surface area contributed by atoms with Crippen LogP contribution in [0.5, 0.6) is 0 Å². The van der Waals surface area contributed by atoms with Gasteiger partial charge in [-0.25, -0.2) is 8.42 Å². The Kier molecular flexibility index (Phi) is 5.22. The van der Waals surface area contributed by atoms with Crippen LogP contribution < -0.4 is 5.32 Å². The van der Waals surface area contributed by atoms with E-state index in [2.05, 4.69) is 10.4 Å². The predicted octanol–water partition coefficient (Wildman–Crippen LogP) is -0.812. The molecule has 1 aromatic rings. The molecule has 9 nitrogen and oxygen atoms in total. The first kappa shape index (κ1) is 16.1. The Labute approximate surface area is 116 Å². The number of sulfonamides is 1. The molecule has 0 aliphatic rings. The van der Waals surface area contributed by atoms with Crippen molar-refractivity contribution < 1.29 is 23.1 Å². The van der Waals surface area contributed by atoms with E-state index < -0.39 is 21.9 Å². The highest BCUT2D eigenvalue weighted by atomic mass is 32.2. The predicted molar refractivity (Wildman–Crippen MR) is 70.6 cm³/mol. The van der Waals surface area contributed by atoms with Gasteiger partial charge in [0.05, 0.1) is 12.3 Å². The first-order valence-corrected chi connectivity index (χ1v) is 7.34. The van der Waals surface area contributed by atoms with Crippen molar-refractivity contribution in [1.29, 1.82) is 0 Å². The van der Waals surface area contributed by atoms with Crippen molar-refractivity contribution in [1.82, 2.24) is 14.1 Å². The summed E-state index contributed by atoms with van der Waals surface area (Å²) in [4.78, 5) is 22.1. The first-order chi connectivity index (χ1) is 9.24. The van der Waals surface area contributed by atoms with Crippen molar-refractivity contribution in [3.05, 3.63) is 12.3 Å². The minimum Gasteiger partial charge on any atom is -0.480 e. The summed E-state index contributed by atoms with van der Waals surface area (Å²) in [5.74, 6) is -1.53. The van der Waals surface area contributed by atoms with Gasteiger partial charge in [-0.2, -0.15) is 9.40 Å². The molecule has 0 atom stereocenters. The number of likely N-dealkylation sites (N-methyl/N-ethyl adjacent to an activating group) is 1. The molecule has 1 amide bonds. The number of carboxylic acid groups (broad SMARTS) is 1. The van der Waals surface area contributed by atoms with Crippen LogP contribution in [-0.4, -0.2) is 58.8 Å². The molecule has 10 heteroatoms. The van der Waals surface area contributed by atoms with E-state index in [9.17, 15) is 18.0 Å². The topological polar surface area (TPSA) is 122 Å². The highest BCUT2D eigenvalue weighted by Crippen LogP contribution is 2.03. The number of carbonyl (C=O) groups is 2. The molecule has 0 spiro atoms. The summed E-state index contributed by atoms with van der Waals surface area (Å²) in [5, 5.41) is 14.8. The quantitative estimate of drug-likeness (QED) is 0.679. The Morgan fingerprint density at radius 2 is 2.15 bits per heavy atom. The van der Waals surface area contributed by atoms with Gasteiger partial charge in [0.2, 0.25) is 15.9 Å². The maximum atomic E-state index is 11.6. The van der Waals surface area contributed by atoms with Crippen LogP contribution in [0.2, 0.25) is 0 Å². The van der Waals surface area contributed by atoms with Crippen LogP contribution in [0.15, 0.2) is 12.3 Å². The van der Waals surface area contributed by atoms with Gasteiger partial charge in [-0.05, 0) is 6.92 Å². The number of nitrogens with one attached hydrogen (secondary N) is 1. The lowest BCUT2D eigenvalue weighted by molar-refractivity contribution is -0.137. The van der Waals surface area contributed by atoms with Crippen LogP contribution >= 0.6 is 0 Å². The van der Waals surface area contributed by atoms with Crippen molar-refractivity contribution >= 4 is 27.7 Å². The number of carboxylic acids is 1. The third-order valence-electron chi connectivity index (χ3n) is 2.41. The second-order valence-electron chi connectivity index (χ2n) is 4.00. The third-order valence-corrected chi connectivity index (χ3v) is 4.22. The lowest BCUT2D eigenvalue weighted by Gasteiger charge is -2.14. The number of hydrogen-bond donors (Lipinski definition) is 2. The van der Waals surface area contributed by atoms with E-state index in [1.165, 1.54) is 26.2 Å². The maximum Gasteiger partial charge on any atom is 0.325 e. The smallest absolute Gasteiger partial charge is 0.325 e. The fraction of sp³-hybridized carbons (Fsp3) is 0.500. The minimum absolute atomic E-state index is 0.0932. The highest BCUT2D eigenvalue weighted by Gasteiger charge is 2.18. The lowest BCUT2D eigenvalue weighted by atomic mass is 10.5. The summed E-state index contributed by atoms with van der Waals surface area (Å²) in [5.41, 5.74) is 0. The van der Waals surface area contributed by atoms with Gasteiger partial charge in [0.15, 0.2) is 5.82 Å². The fourth-order valence-corrected chi connectivity index (χ4v) is 2.11. The number of anilines is 1. The second-order valence-corrected chi connectivity index (χ2v) is 6.36. The van der Waals surface area contributed by atoms with Crippen molar-refractivity contribution in [3.63, 3.8) is 0 Å². The molecule has 0 aliphatic carbocycles. The second kappa shape index (κ2) is 6.48. The monoisotopic (exact) mass is 304 g/mol. The van der Waals surface area contributed by atoms with Crippen LogP contribution in [0.4, 0.5) is 5.82 Å². The molecule has 0 unspecified atom stereocenters. The molecule has 1 heterocycles. The maximum absolute atomic E-state index is 11.6. The number of nitrogens with zero attached hydrogens (tertiary/aromatic N) is 3. The Bertz CT molecular complexity index is 595. The molecule has 0 saturated carbocycles.